The van der Waals surface area contributed by atoms with Crippen LogP contribution in [-0.2, 0) is 5.75 Å². The molecule has 4 aromatic rings. The van der Waals surface area contributed by atoms with E-state index in [0.29, 0.717) is 27.2 Å². The number of carbonyl (C=O) groups excluding carboxylic acids is 1. The Morgan fingerprint density at radius 1 is 0.969 bits per heavy atom. The van der Waals surface area contributed by atoms with Gasteiger partial charge in [-0.1, -0.05) is 84.0 Å². The second-order valence-electron chi connectivity index (χ2n) is 7.08. The zero-order valence-electron chi connectivity index (χ0n) is 16.7. The molecule has 1 aromatic heterocycles. The number of Topliss-reactive ketones (excluding diaryl/α,β-unsaturated/α-hetero) is 1. The van der Waals surface area contributed by atoms with E-state index in [1.807, 2.05) is 66.7 Å². The van der Waals surface area contributed by atoms with E-state index in [-0.39, 0.29) is 11.7 Å². The summed E-state index contributed by atoms with van der Waals surface area (Å²) in [7, 11) is 0. The molecule has 0 spiro atoms. The number of para-hydroxylation sites is 1. The maximum absolute atomic E-state index is 13.1. The van der Waals surface area contributed by atoms with Crippen molar-refractivity contribution in [3.63, 3.8) is 0 Å². The van der Waals surface area contributed by atoms with Crippen LogP contribution in [0.4, 0.5) is 5.69 Å². The van der Waals surface area contributed by atoms with Gasteiger partial charge in [0.15, 0.2) is 5.69 Å². The third-order valence-electron chi connectivity index (χ3n) is 4.91. The van der Waals surface area contributed by atoms with Crippen LogP contribution in [-0.4, -0.2) is 27.2 Å². The third kappa shape index (κ3) is 4.30. The number of ether oxygens (including phenoxy) is 1. The molecule has 1 unspecified atom stereocenters. The van der Waals surface area contributed by atoms with E-state index >= 15 is 0 Å². The highest BCUT2D eigenvalue weighted by Gasteiger charge is 2.30. The van der Waals surface area contributed by atoms with Gasteiger partial charge in [-0.25, -0.2) is 0 Å². The van der Waals surface area contributed by atoms with Crippen molar-refractivity contribution in [3.8, 4) is 17.1 Å². The van der Waals surface area contributed by atoms with E-state index in [1.54, 1.807) is 12.1 Å². The molecule has 8 heteroatoms. The van der Waals surface area contributed by atoms with Crippen LogP contribution in [0.25, 0.3) is 11.3 Å². The van der Waals surface area contributed by atoms with Gasteiger partial charge in [0, 0.05) is 27.6 Å². The Bertz CT molecular complexity index is 1270. The average molecular weight is 461 g/mol. The van der Waals surface area contributed by atoms with Gasteiger partial charge < -0.3 is 10.1 Å². The van der Waals surface area contributed by atoms with Crippen molar-refractivity contribution in [2.24, 2.45) is 0 Å². The number of rotatable bonds is 5. The van der Waals surface area contributed by atoms with Gasteiger partial charge >= 0.3 is 0 Å². The second kappa shape index (κ2) is 8.98. The summed E-state index contributed by atoms with van der Waals surface area (Å²) in [6, 6.07) is 24.2. The molecule has 158 valence electrons. The minimum absolute atomic E-state index is 0.192. The highest BCUT2D eigenvalue weighted by atomic mass is 35.5. The molecule has 2 heterocycles. The molecule has 32 heavy (non-hydrogen) atoms. The molecule has 0 bridgehead atoms. The van der Waals surface area contributed by atoms with Crippen molar-refractivity contribution in [1.29, 1.82) is 0 Å². The van der Waals surface area contributed by atoms with Gasteiger partial charge in [-0.05, 0) is 23.8 Å². The molecule has 1 atom stereocenters. The van der Waals surface area contributed by atoms with E-state index in [9.17, 15) is 4.79 Å². The SMILES string of the molecule is O=C(c1ccccc1)C1Nc2ccccc2-c2nnc(SCc3ccc(Cl)cc3)nc2O1. The number of benzene rings is 3. The molecule has 0 fully saturated rings. The fourth-order valence-corrected chi connectivity index (χ4v) is 4.17. The summed E-state index contributed by atoms with van der Waals surface area (Å²) in [4.78, 5) is 17.7. The van der Waals surface area contributed by atoms with Crippen molar-refractivity contribution in [1.82, 2.24) is 15.2 Å². The Morgan fingerprint density at radius 3 is 2.53 bits per heavy atom. The topological polar surface area (TPSA) is 77.0 Å². The van der Waals surface area contributed by atoms with E-state index < -0.39 is 6.23 Å². The van der Waals surface area contributed by atoms with Crippen LogP contribution in [0, 0.1) is 0 Å². The lowest BCUT2D eigenvalue weighted by atomic mass is 10.1. The molecule has 3 aromatic carbocycles. The first-order chi connectivity index (χ1) is 15.7. The maximum atomic E-state index is 13.1. The number of fused-ring (bicyclic) bond motifs is 3. The first kappa shape index (κ1) is 20.5. The fraction of sp³-hybridized carbons (Fsp3) is 0.0833. The lowest BCUT2D eigenvalue weighted by Gasteiger charge is -2.17. The first-order valence-electron chi connectivity index (χ1n) is 9.91. The molecule has 5 rings (SSSR count). The van der Waals surface area contributed by atoms with Crippen molar-refractivity contribution in [3.05, 3.63) is 95.0 Å². The van der Waals surface area contributed by atoms with Crippen LogP contribution in [0.5, 0.6) is 5.88 Å². The Balaban J connectivity index is 1.46. The van der Waals surface area contributed by atoms with E-state index in [0.717, 1.165) is 16.8 Å². The van der Waals surface area contributed by atoms with Crippen molar-refractivity contribution in [2.75, 3.05) is 5.32 Å². The summed E-state index contributed by atoms with van der Waals surface area (Å²) in [5, 5.41) is 13.0. The van der Waals surface area contributed by atoms with Crippen LogP contribution in [0.15, 0.2) is 84.0 Å². The zero-order valence-corrected chi connectivity index (χ0v) is 18.3. The lowest BCUT2D eigenvalue weighted by Crippen LogP contribution is -2.35. The number of carbonyl (C=O) groups is 1. The largest absolute Gasteiger partial charge is 0.444 e. The molecule has 1 aliphatic heterocycles. The maximum Gasteiger partial charge on any atom is 0.247 e. The summed E-state index contributed by atoms with van der Waals surface area (Å²) < 4.78 is 6.06. The van der Waals surface area contributed by atoms with Gasteiger partial charge in [0.05, 0.1) is 0 Å². The van der Waals surface area contributed by atoms with Crippen LogP contribution in [0.2, 0.25) is 5.02 Å². The van der Waals surface area contributed by atoms with E-state index in [1.165, 1.54) is 11.8 Å². The highest BCUT2D eigenvalue weighted by Crippen LogP contribution is 2.37. The molecule has 1 aliphatic rings. The molecule has 0 aliphatic carbocycles. The van der Waals surface area contributed by atoms with E-state index in [2.05, 4.69) is 20.5 Å². The van der Waals surface area contributed by atoms with Crippen LogP contribution >= 0.6 is 23.4 Å². The lowest BCUT2D eigenvalue weighted by molar-refractivity contribution is 0.0823. The van der Waals surface area contributed by atoms with Gasteiger partial charge in [-0.3, -0.25) is 4.79 Å². The van der Waals surface area contributed by atoms with Gasteiger partial charge in [-0.2, -0.15) is 4.98 Å². The Labute approximate surface area is 194 Å². The number of hydrogen-bond donors (Lipinski definition) is 1. The minimum Gasteiger partial charge on any atom is -0.444 e. The smallest absolute Gasteiger partial charge is 0.247 e. The minimum atomic E-state index is -0.939. The number of anilines is 1. The highest BCUT2D eigenvalue weighted by molar-refractivity contribution is 7.98. The predicted molar refractivity (Wildman–Crippen MR) is 125 cm³/mol. The van der Waals surface area contributed by atoms with Gasteiger partial charge in [0.25, 0.3) is 0 Å². The van der Waals surface area contributed by atoms with Crippen molar-refractivity contribution < 1.29 is 9.53 Å². The zero-order chi connectivity index (χ0) is 21.9. The number of nitrogens with one attached hydrogen (secondary N) is 1. The molecule has 0 amide bonds. The fourth-order valence-electron chi connectivity index (χ4n) is 3.31. The Morgan fingerprint density at radius 2 is 1.72 bits per heavy atom. The Kier molecular flexibility index (Phi) is 5.75. The number of nitrogens with zero attached hydrogens (tertiary/aromatic N) is 3. The van der Waals surface area contributed by atoms with Crippen LogP contribution in [0.3, 0.4) is 0 Å². The summed E-state index contributed by atoms with van der Waals surface area (Å²) in [5.41, 5.74) is 3.64. The molecular formula is C24H17ClN4O2S. The third-order valence-corrected chi connectivity index (χ3v) is 6.07. The number of thioether (sulfide) groups is 1. The average Bonchev–Trinajstić information content (AvgIpc) is 3.00. The molecule has 0 saturated carbocycles. The van der Waals surface area contributed by atoms with Crippen molar-refractivity contribution >= 4 is 34.8 Å². The number of aromatic nitrogens is 3. The molecule has 0 radical (unpaired) electrons. The molecule has 0 saturated heterocycles. The van der Waals surface area contributed by atoms with Crippen molar-refractivity contribution in [2.45, 2.75) is 17.1 Å². The standard InChI is InChI=1S/C24H17ClN4O2S/c25-17-12-10-15(11-13-17)14-32-24-27-22-20(28-29-24)18-8-4-5-9-19(18)26-23(31-22)21(30)16-6-2-1-3-7-16/h1-13,23,26H,14H2. The van der Waals surface area contributed by atoms with Gasteiger partial charge in [0.1, 0.15) is 0 Å². The molecule has 6 nitrogen and oxygen atoms in total. The van der Waals surface area contributed by atoms with Crippen LogP contribution in [0.1, 0.15) is 15.9 Å². The van der Waals surface area contributed by atoms with Gasteiger partial charge in [-0.15, -0.1) is 10.2 Å². The first-order valence-corrected chi connectivity index (χ1v) is 11.3. The summed E-state index contributed by atoms with van der Waals surface area (Å²) >= 11 is 7.39. The predicted octanol–water partition coefficient (Wildman–Crippen LogP) is 5.50. The summed E-state index contributed by atoms with van der Waals surface area (Å²) in [6.45, 7) is 0. The summed E-state index contributed by atoms with van der Waals surface area (Å²) in [6.07, 6.45) is -0.939. The quantitative estimate of drug-likeness (QED) is 0.311. The molecular weight excluding hydrogens is 444 g/mol. The Hall–Kier alpha value is -3.42. The number of ketones is 1. The second-order valence-corrected chi connectivity index (χ2v) is 8.46. The molecule has 1 N–H and O–H groups in total. The number of halogens is 1. The van der Waals surface area contributed by atoms with E-state index in [4.69, 9.17) is 16.3 Å². The number of hydrogen-bond acceptors (Lipinski definition) is 7. The van der Waals surface area contributed by atoms with Gasteiger partial charge in [0.2, 0.25) is 23.0 Å². The van der Waals surface area contributed by atoms with Crippen LogP contribution < -0.4 is 10.1 Å². The summed E-state index contributed by atoms with van der Waals surface area (Å²) in [5.74, 6) is 0.728. The monoisotopic (exact) mass is 460 g/mol. The normalized spacial score (nSPS) is 14.3.